The summed E-state index contributed by atoms with van der Waals surface area (Å²) in [7, 11) is 5.50. The van der Waals surface area contributed by atoms with Crippen molar-refractivity contribution in [1.82, 2.24) is 4.57 Å². The predicted octanol–water partition coefficient (Wildman–Crippen LogP) is 2.66. The highest BCUT2D eigenvalue weighted by molar-refractivity contribution is 6.04. The lowest BCUT2D eigenvalue weighted by Crippen LogP contribution is -2.37. The normalized spacial score (nSPS) is 16.1. The van der Waals surface area contributed by atoms with Gasteiger partial charge in [-0.2, -0.15) is 0 Å². The van der Waals surface area contributed by atoms with Gasteiger partial charge in [0.05, 0.1) is 62.4 Å². The molecule has 12 heteroatoms. The fraction of sp³-hybridized carbons (Fsp3) is 0.385. The van der Waals surface area contributed by atoms with Gasteiger partial charge in [0.25, 0.3) is 0 Å². The van der Waals surface area contributed by atoms with Gasteiger partial charge in [0.1, 0.15) is 0 Å². The number of esters is 3. The van der Waals surface area contributed by atoms with E-state index in [0.717, 1.165) is 0 Å². The van der Waals surface area contributed by atoms with E-state index in [0.29, 0.717) is 0 Å². The number of methoxy groups -OCH3 is 4. The van der Waals surface area contributed by atoms with E-state index < -0.39 is 35.5 Å². The number of aromatic nitrogens is 1. The molecule has 0 saturated heterocycles. The zero-order chi connectivity index (χ0) is 27.9. The third kappa shape index (κ3) is 4.11. The molecule has 0 amide bonds. The van der Waals surface area contributed by atoms with Crippen LogP contribution in [0, 0.1) is 0 Å². The highest BCUT2D eigenvalue weighted by atomic mass is 16.6. The van der Waals surface area contributed by atoms with Crippen LogP contribution in [0.5, 0.6) is 28.7 Å². The molecule has 4 rings (SSSR count). The lowest BCUT2D eigenvalue weighted by Gasteiger charge is -2.36. The van der Waals surface area contributed by atoms with Gasteiger partial charge < -0.3 is 37.7 Å². The molecular weight excluding hydrogens is 502 g/mol. The summed E-state index contributed by atoms with van der Waals surface area (Å²) in [5.74, 6) is -1.39. The zero-order valence-electron chi connectivity index (χ0n) is 22.0. The van der Waals surface area contributed by atoms with Crippen molar-refractivity contribution in [3.8, 4) is 28.7 Å². The molecule has 1 aliphatic heterocycles. The van der Waals surface area contributed by atoms with Crippen molar-refractivity contribution in [2.75, 3.05) is 28.4 Å². The topological polar surface area (TPSA) is 138 Å². The van der Waals surface area contributed by atoms with E-state index in [2.05, 4.69) is 0 Å². The summed E-state index contributed by atoms with van der Waals surface area (Å²) in [5, 5.41) is 0.322. The maximum Gasteiger partial charge on any atom is 0.308 e. The number of hydrogen-bond donors (Lipinski definition) is 0. The Bertz CT molecular complexity index is 1540. The number of carbonyl (C=O) groups is 3. The number of pyridine rings is 1. The zero-order valence-corrected chi connectivity index (χ0v) is 22.0. The standard InChI is InChI=1S/C26H27NO11/c1-11(28)36-15-9-8-14-19(23(15)32-4)27-10-16(37-12(2)29)22(38-13(3)30)18-20(27)17(21(14)31)24(33-5)26(35-7)25(18)34-6/h8-9,16,22H,10H2,1-7H3. The molecule has 202 valence electrons. The molecule has 0 aliphatic carbocycles. The van der Waals surface area contributed by atoms with Crippen LogP contribution in [0.2, 0.25) is 0 Å². The maximum absolute atomic E-state index is 14.0. The second-order valence-corrected chi connectivity index (χ2v) is 8.44. The Balaban J connectivity index is 2.32. The Kier molecular flexibility index (Phi) is 7.07. The van der Waals surface area contributed by atoms with Crippen LogP contribution >= 0.6 is 0 Å². The molecule has 0 spiro atoms. The molecule has 1 aromatic heterocycles. The monoisotopic (exact) mass is 529 g/mol. The van der Waals surface area contributed by atoms with Crippen LogP contribution in [-0.2, 0) is 30.4 Å². The summed E-state index contributed by atoms with van der Waals surface area (Å²) in [4.78, 5) is 50.1. The van der Waals surface area contributed by atoms with Crippen molar-refractivity contribution in [1.29, 1.82) is 0 Å². The highest BCUT2D eigenvalue weighted by Gasteiger charge is 2.42. The Morgan fingerprint density at radius 1 is 0.763 bits per heavy atom. The molecule has 0 radical (unpaired) electrons. The average Bonchev–Trinajstić information content (AvgIpc) is 2.86. The molecule has 0 bridgehead atoms. The molecule has 3 aromatic rings. The maximum atomic E-state index is 14.0. The minimum Gasteiger partial charge on any atom is -0.492 e. The second kappa shape index (κ2) is 10.1. The first-order valence-corrected chi connectivity index (χ1v) is 11.5. The summed E-state index contributed by atoms with van der Waals surface area (Å²) in [6, 6.07) is 2.95. The first-order valence-electron chi connectivity index (χ1n) is 11.5. The number of carbonyl (C=O) groups excluding carboxylic acids is 3. The molecule has 0 saturated carbocycles. The van der Waals surface area contributed by atoms with Crippen LogP contribution in [0.25, 0.3) is 21.8 Å². The summed E-state index contributed by atoms with van der Waals surface area (Å²) >= 11 is 0. The number of nitrogens with zero attached hydrogens (tertiary/aromatic N) is 1. The third-order valence-electron chi connectivity index (χ3n) is 6.15. The van der Waals surface area contributed by atoms with Crippen LogP contribution in [0.15, 0.2) is 16.9 Å². The highest BCUT2D eigenvalue weighted by Crippen LogP contribution is 2.52. The van der Waals surface area contributed by atoms with Gasteiger partial charge in [-0.1, -0.05) is 0 Å². The van der Waals surface area contributed by atoms with Gasteiger partial charge in [0.15, 0.2) is 35.2 Å². The third-order valence-corrected chi connectivity index (χ3v) is 6.15. The van der Waals surface area contributed by atoms with Crippen LogP contribution in [0.3, 0.4) is 0 Å². The van der Waals surface area contributed by atoms with Gasteiger partial charge in [-0.25, -0.2) is 0 Å². The van der Waals surface area contributed by atoms with Crippen LogP contribution < -0.4 is 29.1 Å². The number of benzene rings is 2. The second-order valence-electron chi connectivity index (χ2n) is 8.44. The van der Waals surface area contributed by atoms with Crippen molar-refractivity contribution in [3.05, 3.63) is 27.9 Å². The van der Waals surface area contributed by atoms with Gasteiger partial charge >= 0.3 is 17.9 Å². The largest absolute Gasteiger partial charge is 0.492 e. The van der Waals surface area contributed by atoms with Crippen LogP contribution in [-0.4, -0.2) is 57.0 Å². The molecule has 0 fully saturated rings. The van der Waals surface area contributed by atoms with Crippen LogP contribution in [0.1, 0.15) is 32.4 Å². The van der Waals surface area contributed by atoms with Gasteiger partial charge in [0, 0.05) is 20.8 Å². The molecule has 0 N–H and O–H groups in total. The van der Waals surface area contributed by atoms with Crippen molar-refractivity contribution in [2.45, 2.75) is 39.5 Å². The summed E-state index contributed by atoms with van der Waals surface area (Å²) in [6.45, 7) is 3.62. The first-order chi connectivity index (χ1) is 18.1. The summed E-state index contributed by atoms with van der Waals surface area (Å²) in [6.07, 6.45) is -2.19. The van der Waals surface area contributed by atoms with Crippen molar-refractivity contribution < 1.29 is 47.5 Å². The molecule has 2 unspecified atom stereocenters. The van der Waals surface area contributed by atoms with Crippen LogP contribution in [0.4, 0.5) is 0 Å². The Labute approximate surface area is 216 Å². The minimum atomic E-state index is -1.16. The molecule has 38 heavy (non-hydrogen) atoms. The molecule has 2 heterocycles. The number of ether oxygens (including phenoxy) is 7. The van der Waals surface area contributed by atoms with E-state index in [4.69, 9.17) is 33.2 Å². The smallest absolute Gasteiger partial charge is 0.308 e. The average molecular weight is 529 g/mol. The Hall–Kier alpha value is -4.48. The van der Waals surface area contributed by atoms with Gasteiger partial charge in [-0.15, -0.1) is 0 Å². The van der Waals surface area contributed by atoms with E-state index in [1.165, 1.54) is 61.3 Å². The lowest BCUT2D eigenvalue weighted by molar-refractivity contribution is -0.167. The summed E-state index contributed by atoms with van der Waals surface area (Å²) in [5.41, 5.74) is 0.319. The van der Waals surface area contributed by atoms with E-state index in [-0.39, 0.29) is 62.7 Å². The Morgan fingerprint density at radius 3 is 1.89 bits per heavy atom. The molecule has 1 aliphatic rings. The van der Waals surface area contributed by atoms with E-state index >= 15 is 0 Å². The minimum absolute atomic E-state index is 0.0592. The molecule has 2 aromatic carbocycles. The number of rotatable bonds is 7. The van der Waals surface area contributed by atoms with Gasteiger partial charge in [-0.05, 0) is 12.1 Å². The van der Waals surface area contributed by atoms with E-state index in [1.807, 2.05) is 0 Å². The Morgan fingerprint density at radius 2 is 1.37 bits per heavy atom. The quantitative estimate of drug-likeness (QED) is 0.254. The van der Waals surface area contributed by atoms with Gasteiger partial charge in [-0.3, -0.25) is 19.2 Å². The lowest BCUT2D eigenvalue weighted by atomic mass is 9.92. The molecule has 12 nitrogen and oxygen atoms in total. The first kappa shape index (κ1) is 26.6. The molecular formula is C26H27NO11. The van der Waals surface area contributed by atoms with E-state index in [9.17, 15) is 19.2 Å². The number of fused-ring (bicyclic) bond motifs is 2. The predicted molar refractivity (Wildman–Crippen MR) is 133 cm³/mol. The van der Waals surface area contributed by atoms with Gasteiger partial charge in [0.2, 0.25) is 11.2 Å². The molecule has 2 atom stereocenters. The van der Waals surface area contributed by atoms with Crippen molar-refractivity contribution in [2.24, 2.45) is 0 Å². The summed E-state index contributed by atoms with van der Waals surface area (Å²) < 4.78 is 40.8. The number of hydrogen-bond acceptors (Lipinski definition) is 11. The fourth-order valence-electron chi connectivity index (χ4n) is 4.98. The van der Waals surface area contributed by atoms with Crippen molar-refractivity contribution in [3.63, 3.8) is 0 Å². The van der Waals surface area contributed by atoms with E-state index in [1.54, 1.807) is 4.57 Å². The SMILES string of the molecule is COc1c(OC)c2c3c(c1OC)c(=O)c1ccc(OC(C)=O)c(OC)c1n3CC(OC(C)=O)C2OC(C)=O. The van der Waals surface area contributed by atoms with Crippen molar-refractivity contribution >= 4 is 39.7 Å². The fourth-order valence-corrected chi connectivity index (χ4v) is 4.98.